The Hall–Kier alpha value is -1.81. The van der Waals surface area contributed by atoms with E-state index in [0.717, 1.165) is 5.30 Å². The molecule has 0 amide bonds. The van der Waals surface area contributed by atoms with Crippen molar-refractivity contribution in [2.45, 2.75) is 19.3 Å². The number of hydrogen-bond acceptors (Lipinski definition) is 8. The van der Waals surface area contributed by atoms with Gasteiger partial charge in [-0.25, -0.2) is 4.89 Å². The number of nitrogens with zero attached hydrogens (tertiary/aromatic N) is 3. The van der Waals surface area contributed by atoms with Crippen molar-refractivity contribution in [3.8, 4) is 24.0 Å². The molecule has 2 unspecified atom stereocenters. The predicted molar refractivity (Wildman–Crippen MR) is 96.1 cm³/mol. The molecule has 8 nitrogen and oxygen atoms in total. The zero-order chi connectivity index (χ0) is 19.0. The highest BCUT2D eigenvalue weighted by atomic mass is 31.2. The fourth-order valence-corrected chi connectivity index (χ4v) is 5.39. The Morgan fingerprint density at radius 3 is 2.04 bits per heavy atom. The fourth-order valence-electron chi connectivity index (χ4n) is 1.58. The van der Waals surface area contributed by atoms with Crippen molar-refractivity contribution in [3.05, 3.63) is 24.3 Å². The molecule has 138 valence electrons. The molecule has 1 aromatic carbocycles. The summed E-state index contributed by atoms with van der Waals surface area (Å²) in [5.41, 5.74) is 0. The van der Waals surface area contributed by atoms with Gasteiger partial charge in [-0.05, 0) is 24.3 Å². The van der Waals surface area contributed by atoms with Gasteiger partial charge in [0.05, 0.1) is 71.3 Å². The molecule has 10 heteroatoms. The molecule has 1 N–H and O–H groups in total. The minimum Gasteiger partial charge on any atom is -0.508 e. The van der Waals surface area contributed by atoms with Crippen molar-refractivity contribution in [3.63, 3.8) is 0 Å². The van der Waals surface area contributed by atoms with E-state index in [9.17, 15) is 5.11 Å². The summed E-state index contributed by atoms with van der Waals surface area (Å²) >= 11 is 0. The van der Waals surface area contributed by atoms with Crippen LogP contribution >= 0.6 is 16.5 Å². The molecular weight excluding hydrogens is 376 g/mol. The molecule has 0 aliphatic rings. The zero-order valence-electron chi connectivity index (χ0n) is 14.1. The largest absolute Gasteiger partial charge is 0.508 e. The normalized spacial score (nSPS) is 12.5. The van der Waals surface area contributed by atoms with Crippen LogP contribution in [0.5, 0.6) is 5.75 Å². The van der Waals surface area contributed by atoms with E-state index >= 15 is 0 Å². The van der Waals surface area contributed by atoms with E-state index < -0.39 is 16.5 Å². The van der Waals surface area contributed by atoms with Gasteiger partial charge in [0.25, 0.3) is 0 Å². The van der Waals surface area contributed by atoms with Crippen molar-refractivity contribution < 1.29 is 23.7 Å². The minimum atomic E-state index is -1.50. The van der Waals surface area contributed by atoms with Crippen LogP contribution in [0, 0.1) is 34.0 Å². The number of benzene rings is 1. The Morgan fingerprint density at radius 2 is 1.42 bits per heavy atom. The third kappa shape index (κ3) is 9.62. The van der Waals surface area contributed by atoms with Crippen LogP contribution < -0.4 is 5.30 Å². The highest BCUT2D eigenvalue weighted by Gasteiger charge is 2.22. The summed E-state index contributed by atoms with van der Waals surface area (Å²) < 4.78 is 16.7. The van der Waals surface area contributed by atoms with Gasteiger partial charge >= 0.3 is 0 Å². The molecule has 26 heavy (non-hydrogen) atoms. The van der Waals surface area contributed by atoms with E-state index in [-0.39, 0.29) is 44.8 Å². The van der Waals surface area contributed by atoms with Crippen LogP contribution in [0.25, 0.3) is 0 Å². The lowest BCUT2D eigenvalue weighted by Crippen LogP contribution is -2.08. The van der Waals surface area contributed by atoms with Crippen molar-refractivity contribution in [1.29, 1.82) is 15.8 Å². The lowest BCUT2D eigenvalue weighted by molar-refractivity contribution is -0.205. The van der Waals surface area contributed by atoms with Crippen LogP contribution in [0.4, 0.5) is 0 Å². The second-order valence-electron chi connectivity index (χ2n) is 4.66. The molecule has 0 aromatic heterocycles. The average molecular weight is 395 g/mol. The van der Waals surface area contributed by atoms with Crippen molar-refractivity contribution >= 4 is 21.8 Å². The first kappa shape index (κ1) is 22.2. The van der Waals surface area contributed by atoms with Gasteiger partial charge in [-0.2, -0.15) is 20.5 Å². The minimum absolute atomic E-state index is 0.114. The highest BCUT2D eigenvalue weighted by Crippen LogP contribution is 2.52. The Balaban J connectivity index is 2.74. The Kier molecular flexibility index (Phi) is 12.3. The molecule has 0 spiro atoms. The predicted octanol–water partition coefficient (Wildman–Crippen LogP) is 3.41. The second-order valence-corrected chi connectivity index (χ2v) is 8.39. The van der Waals surface area contributed by atoms with E-state index in [2.05, 4.69) is 0 Å². The quantitative estimate of drug-likeness (QED) is 0.233. The summed E-state index contributed by atoms with van der Waals surface area (Å²) in [6, 6.07) is 12.6. The molecule has 0 bridgehead atoms. The summed E-state index contributed by atoms with van der Waals surface area (Å²) in [4.78, 5) is 5.01. The van der Waals surface area contributed by atoms with Gasteiger partial charge in [-0.15, -0.1) is 0 Å². The fraction of sp³-hybridized carbons (Fsp3) is 0.438. The maximum atomic E-state index is 9.45. The van der Waals surface area contributed by atoms with Gasteiger partial charge in [-0.1, -0.05) is 0 Å². The van der Waals surface area contributed by atoms with E-state index in [1.165, 1.54) is 0 Å². The molecule has 0 radical (unpaired) electrons. The molecule has 0 fully saturated rings. The van der Waals surface area contributed by atoms with E-state index in [4.69, 9.17) is 34.4 Å². The second kappa shape index (κ2) is 14.4. The van der Waals surface area contributed by atoms with Crippen LogP contribution in [-0.4, -0.2) is 30.8 Å². The molecular formula is C16H19N3O5P2. The van der Waals surface area contributed by atoms with Crippen LogP contribution in [-0.2, 0) is 18.6 Å². The Bertz CT molecular complexity index is 639. The number of rotatable bonds is 13. The summed E-state index contributed by atoms with van der Waals surface area (Å²) in [7, 11) is -2.68. The van der Waals surface area contributed by atoms with E-state index in [1.54, 1.807) is 24.3 Å². The van der Waals surface area contributed by atoms with Crippen molar-refractivity contribution in [1.82, 2.24) is 0 Å². The number of hydrogen-bond donors (Lipinski definition) is 1. The summed E-state index contributed by atoms with van der Waals surface area (Å²) in [5.74, 6) is 0.517. The zero-order valence-corrected chi connectivity index (χ0v) is 15.9. The Labute approximate surface area is 155 Å². The van der Waals surface area contributed by atoms with E-state index in [1.807, 2.05) is 18.2 Å². The molecule has 0 saturated carbocycles. The smallest absolute Gasteiger partial charge is 0.215 e. The van der Waals surface area contributed by atoms with Gasteiger partial charge in [0.15, 0.2) is 0 Å². The molecule has 1 aromatic rings. The van der Waals surface area contributed by atoms with Crippen LogP contribution in [0.2, 0.25) is 0 Å². The third-order valence-corrected chi connectivity index (χ3v) is 6.79. The Morgan fingerprint density at radius 1 is 0.846 bits per heavy atom. The van der Waals surface area contributed by atoms with Gasteiger partial charge in [-0.3, -0.25) is 0 Å². The van der Waals surface area contributed by atoms with Crippen LogP contribution in [0.15, 0.2) is 24.3 Å². The molecule has 0 heterocycles. The van der Waals surface area contributed by atoms with Gasteiger partial charge in [0.1, 0.15) is 5.75 Å². The molecule has 0 aliphatic carbocycles. The lowest BCUT2D eigenvalue weighted by Gasteiger charge is -2.22. The monoisotopic (exact) mass is 395 g/mol. The molecule has 0 saturated heterocycles. The van der Waals surface area contributed by atoms with Crippen molar-refractivity contribution in [2.75, 3.05) is 25.7 Å². The SMILES string of the molecule is N#CCCOOP(CP(OCCC#N)c1ccc(O)cc1)OCCC#N. The number of phenols is 1. The standard InChI is InChI=1S/C16H19N3O5P2/c17-8-1-11-21-24-26(23-13-3-10-19)14-25(22-12-2-9-18)16-6-4-15(20)5-7-16/h4-7,20H,1-3,11-14H2. The molecule has 2 atom stereocenters. The third-order valence-electron chi connectivity index (χ3n) is 2.72. The van der Waals surface area contributed by atoms with Gasteiger partial charge in [0, 0.05) is 5.30 Å². The van der Waals surface area contributed by atoms with Crippen LogP contribution in [0.3, 0.4) is 0 Å². The first-order valence-corrected chi connectivity index (χ1v) is 10.5. The van der Waals surface area contributed by atoms with Gasteiger partial charge in [0.2, 0.25) is 8.38 Å². The number of nitriles is 3. The first-order valence-electron chi connectivity index (χ1n) is 7.71. The molecule has 1 rings (SSSR count). The topological polar surface area (TPSA) is 129 Å². The summed E-state index contributed by atoms with van der Waals surface area (Å²) in [6.45, 7) is 0.573. The molecule has 0 aliphatic heterocycles. The van der Waals surface area contributed by atoms with Crippen LogP contribution in [0.1, 0.15) is 19.3 Å². The van der Waals surface area contributed by atoms with Gasteiger partial charge < -0.3 is 14.2 Å². The maximum absolute atomic E-state index is 9.45. The average Bonchev–Trinajstić information content (AvgIpc) is 2.65. The van der Waals surface area contributed by atoms with Crippen molar-refractivity contribution in [2.24, 2.45) is 0 Å². The first-order chi connectivity index (χ1) is 12.7. The van der Waals surface area contributed by atoms with E-state index in [0.29, 0.717) is 5.90 Å². The summed E-state index contributed by atoms with van der Waals surface area (Å²) in [6.07, 6.45) is 0.656. The maximum Gasteiger partial charge on any atom is 0.215 e. The summed E-state index contributed by atoms with van der Waals surface area (Å²) in [5, 5.41) is 36.2. The highest BCUT2D eigenvalue weighted by molar-refractivity contribution is 7.72. The lowest BCUT2D eigenvalue weighted by atomic mass is 10.3. The number of phenolic OH excluding ortho intramolecular Hbond substituents is 1. The number of aromatic hydroxyl groups is 1.